The molecular weight excluding hydrogens is 132 g/mol. The Balaban J connectivity index is 2.52. The lowest BCUT2D eigenvalue weighted by molar-refractivity contribution is -0.127. The van der Waals surface area contributed by atoms with E-state index in [-0.39, 0.29) is 5.91 Å². The van der Waals surface area contributed by atoms with Crippen LogP contribution in [0.2, 0.25) is 0 Å². The van der Waals surface area contributed by atoms with Crippen molar-refractivity contribution in [2.75, 3.05) is 6.54 Å². The highest BCUT2D eigenvalue weighted by Crippen LogP contribution is 2.19. The zero-order valence-electron chi connectivity index (χ0n) is 5.91. The molecular formula is C6H10N2O2. The number of nitroso groups, excluding NO2 is 1. The molecule has 1 aliphatic rings. The standard InChI is InChI=1S/C6H10N2O2/c1-2-5-3-6(9)8(4-5)7-10/h5H,2-4H2,1H3. The fourth-order valence-electron chi connectivity index (χ4n) is 1.12. The van der Waals surface area contributed by atoms with E-state index in [2.05, 4.69) is 5.29 Å². The van der Waals surface area contributed by atoms with Gasteiger partial charge in [0.05, 0.1) is 11.8 Å². The van der Waals surface area contributed by atoms with Crippen molar-refractivity contribution >= 4 is 5.91 Å². The van der Waals surface area contributed by atoms with Gasteiger partial charge in [-0.15, -0.1) is 4.91 Å². The monoisotopic (exact) mass is 142 g/mol. The van der Waals surface area contributed by atoms with E-state index in [0.29, 0.717) is 18.9 Å². The van der Waals surface area contributed by atoms with Crippen LogP contribution in [0.15, 0.2) is 5.29 Å². The molecule has 0 aromatic heterocycles. The van der Waals surface area contributed by atoms with Crippen LogP contribution in [0.3, 0.4) is 0 Å². The number of carbonyl (C=O) groups excluding carboxylic acids is 1. The van der Waals surface area contributed by atoms with Gasteiger partial charge in [0.25, 0.3) is 0 Å². The molecule has 0 spiro atoms. The van der Waals surface area contributed by atoms with Crippen LogP contribution in [0.4, 0.5) is 0 Å². The maximum atomic E-state index is 10.8. The average Bonchev–Trinajstić information content (AvgIpc) is 2.30. The van der Waals surface area contributed by atoms with Gasteiger partial charge in [-0.2, -0.15) is 5.01 Å². The summed E-state index contributed by atoms with van der Waals surface area (Å²) in [4.78, 5) is 20.7. The molecule has 0 saturated carbocycles. The highest BCUT2D eigenvalue weighted by Gasteiger charge is 2.28. The molecule has 0 aromatic carbocycles. The Morgan fingerprint density at radius 3 is 2.80 bits per heavy atom. The molecule has 1 saturated heterocycles. The van der Waals surface area contributed by atoms with Crippen LogP contribution in [-0.4, -0.2) is 17.5 Å². The van der Waals surface area contributed by atoms with E-state index in [4.69, 9.17) is 0 Å². The highest BCUT2D eigenvalue weighted by molar-refractivity contribution is 5.78. The van der Waals surface area contributed by atoms with Crippen LogP contribution in [0.25, 0.3) is 0 Å². The van der Waals surface area contributed by atoms with Gasteiger partial charge in [0.15, 0.2) is 0 Å². The summed E-state index contributed by atoms with van der Waals surface area (Å²) in [6, 6.07) is 0. The number of nitrogens with zero attached hydrogens (tertiary/aromatic N) is 2. The van der Waals surface area contributed by atoms with Crippen LogP contribution in [-0.2, 0) is 4.79 Å². The van der Waals surface area contributed by atoms with Gasteiger partial charge in [0, 0.05) is 6.42 Å². The minimum absolute atomic E-state index is 0.137. The summed E-state index contributed by atoms with van der Waals surface area (Å²) in [5.74, 6) is 0.201. The van der Waals surface area contributed by atoms with Crippen molar-refractivity contribution in [3.63, 3.8) is 0 Å². The first-order valence-corrected chi connectivity index (χ1v) is 3.41. The summed E-state index contributed by atoms with van der Waals surface area (Å²) in [6.07, 6.45) is 1.43. The zero-order chi connectivity index (χ0) is 7.56. The van der Waals surface area contributed by atoms with Crippen molar-refractivity contribution < 1.29 is 4.79 Å². The third-order valence-corrected chi connectivity index (χ3v) is 1.86. The zero-order valence-corrected chi connectivity index (χ0v) is 5.91. The molecule has 4 nitrogen and oxygen atoms in total. The number of rotatable bonds is 2. The lowest BCUT2D eigenvalue weighted by Gasteiger charge is -2.02. The van der Waals surface area contributed by atoms with Crippen molar-refractivity contribution in [3.05, 3.63) is 4.91 Å². The minimum Gasteiger partial charge on any atom is -0.273 e. The van der Waals surface area contributed by atoms with Crippen molar-refractivity contribution in [1.82, 2.24) is 5.01 Å². The van der Waals surface area contributed by atoms with E-state index < -0.39 is 0 Å². The minimum atomic E-state index is -0.137. The summed E-state index contributed by atoms with van der Waals surface area (Å²) in [6.45, 7) is 2.52. The molecule has 56 valence electrons. The Labute approximate surface area is 59.1 Å². The molecule has 0 N–H and O–H groups in total. The van der Waals surface area contributed by atoms with Gasteiger partial charge in [-0.05, 0) is 5.92 Å². The molecule has 4 heteroatoms. The van der Waals surface area contributed by atoms with E-state index in [1.54, 1.807) is 0 Å². The quantitative estimate of drug-likeness (QED) is 0.538. The number of amides is 1. The van der Waals surface area contributed by atoms with Crippen molar-refractivity contribution in [3.8, 4) is 0 Å². The summed E-state index contributed by atoms with van der Waals surface area (Å²) >= 11 is 0. The molecule has 1 heterocycles. The number of hydrogen-bond acceptors (Lipinski definition) is 3. The SMILES string of the molecule is CCC1CC(=O)N(N=O)C1. The first-order chi connectivity index (χ1) is 4.77. The lowest BCUT2D eigenvalue weighted by atomic mass is 10.1. The Bertz CT molecular complexity index is 158. The Morgan fingerprint density at radius 2 is 2.50 bits per heavy atom. The van der Waals surface area contributed by atoms with Gasteiger partial charge in [-0.25, -0.2) is 0 Å². The Morgan fingerprint density at radius 1 is 1.80 bits per heavy atom. The molecule has 0 radical (unpaired) electrons. The van der Waals surface area contributed by atoms with Gasteiger partial charge in [-0.3, -0.25) is 4.79 Å². The topological polar surface area (TPSA) is 49.7 Å². The third kappa shape index (κ3) is 1.15. The largest absolute Gasteiger partial charge is 0.273 e. The highest BCUT2D eigenvalue weighted by atomic mass is 16.3. The van der Waals surface area contributed by atoms with E-state index in [1.165, 1.54) is 0 Å². The van der Waals surface area contributed by atoms with Crippen LogP contribution in [0.1, 0.15) is 19.8 Å². The van der Waals surface area contributed by atoms with Crippen molar-refractivity contribution in [1.29, 1.82) is 0 Å². The smallest absolute Gasteiger partial charge is 0.245 e. The molecule has 1 rings (SSSR count). The Hall–Kier alpha value is -0.930. The molecule has 1 atom stereocenters. The molecule has 1 amide bonds. The molecule has 1 unspecified atom stereocenters. The van der Waals surface area contributed by atoms with E-state index in [1.807, 2.05) is 6.92 Å². The fraction of sp³-hybridized carbons (Fsp3) is 0.833. The predicted octanol–water partition coefficient (Wildman–Crippen LogP) is 0.926. The van der Waals surface area contributed by atoms with E-state index >= 15 is 0 Å². The maximum absolute atomic E-state index is 10.8. The fourth-order valence-corrected chi connectivity index (χ4v) is 1.12. The van der Waals surface area contributed by atoms with E-state index in [0.717, 1.165) is 11.4 Å². The maximum Gasteiger partial charge on any atom is 0.245 e. The van der Waals surface area contributed by atoms with Gasteiger partial charge < -0.3 is 0 Å². The number of carbonyl (C=O) groups is 1. The summed E-state index contributed by atoms with van der Waals surface area (Å²) < 4.78 is 0. The van der Waals surface area contributed by atoms with Crippen molar-refractivity contribution in [2.24, 2.45) is 11.2 Å². The predicted molar refractivity (Wildman–Crippen MR) is 35.9 cm³/mol. The van der Waals surface area contributed by atoms with Crippen LogP contribution in [0.5, 0.6) is 0 Å². The lowest BCUT2D eigenvalue weighted by Crippen LogP contribution is -2.17. The number of hydrogen-bond donors (Lipinski definition) is 0. The molecule has 1 aliphatic heterocycles. The second-order valence-corrected chi connectivity index (χ2v) is 2.54. The normalized spacial score (nSPS) is 25.5. The molecule has 0 aromatic rings. The van der Waals surface area contributed by atoms with Gasteiger partial charge >= 0.3 is 0 Å². The third-order valence-electron chi connectivity index (χ3n) is 1.86. The Kier molecular flexibility index (Phi) is 1.99. The van der Waals surface area contributed by atoms with E-state index in [9.17, 15) is 9.70 Å². The molecule has 10 heavy (non-hydrogen) atoms. The molecule has 1 fully saturated rings. The summed E-state index contributed by atoms with van der Waals surface area (Å²) in [5, 5.41) is 3.61. The summed E-state index contributed by atoms with van der Waals surface area (Å²) in [7, 11) is 0. The summed E-state index contributed by atoms with van der Waals surface area (Å²) in [5.41, 5.74) is 0. The van der Waals surface area contributed by atoms with Crippen LogP contribution >= 0.6 is 0 Å². The first-order valence-electron chi connectivity index (χ1n) is 3.41. The van der Waals surface area contributed by atoms with Crippen LogP contribution in [0, 0.1) is 10.8 Å². The first kappa shape index (κ1) is 7.18. The molecule has 0 bridgehead atoms. The second kappa shape index (κ2) is 2.77. The average molecular weight is 142 g/mol. The van der Waals surface area contributed by atoms with Crippen molar-refractivity contribution in [2.45, 2.75) is 19.8 Å². The van der Waals surface area contributed by atoms with Crippen LogP contribution < -0.4 is 0 Å². The second-order valence-electron chi connectivity index (χ2n) is 2.54. The molecule has 0 aliphatic carbocycles. The van der Waals surface area contributed by atoms with Gasteiger partial charge in [-0.1, -0.05) is 13.3 Å². The van der Waals surface area contributed by atoms with Gasteiger partial charge in [0.1, 0.15) is 0 Å². The van der Waals surface area contributed by atoms with Gasteiger partial charge in [0.2, 0.25) is 5.91 Å².